The van der Waals surface area contributed by atoms with Gasteiger partial charge in [-0.25, -0.2) is 4.39 Å². The molecule has 21 heavy (non-hydrogen) atoms. The summed E-state index contributed by atoms with van der Waals surface area (Å²) in [6, 6.07) is 8.10. The van der Waals surface area contributed by atoms with E-state index in [-0.39, 0.29) is 5.82 Å². The van der Waals surface area contributed by atoms with Gasteiger partial charge in [0.15, 0.2) is 11.5 Å². The van der Waals surface area contributed by atoms with Gasteiger partial charge in [-0.2, -0.15) is 4.52 Å². The lowest BCUT2D eigenvalue weighted by molar-refractivity contribution is 0.627. The topological polar surface area (TPSA) is 46.3 Å². The third-order valence-electron chi connectivity index (χ3n) is 3.22. The van der Waals surface area contributed by atoms with Gasteiger partial charge in [-0.05, 0) is 36.8 Å². The maximum Gasteiger partial charge on any atom is 0.178 e. The summed E-state index contributed by atoms with van der Waals surface area (Å²) in [6.07, 6.45) is 0. The second kappa shape index (κ2) is 5.29. The zero-order valence-electron chi connectivity index (χ0n) is 11.6. The summed E-state index contributed by atoms with van der Waals surface area (Å²) in [7, 11) is 1.90. The second-order valence-electron chi connectivity index (χ2n) is 4.80. The Morgan fingerprint density at radius 3 is 2.81 bits per heavy atom. The highest BCUT2D eigenvalue weighted by atomic mass is 35.5. The zero-order valence-corrected chi connectivity index (χ0v) is 12.3. The van der Waals surface area contributed by atoms with E-state index in [2.05, 4.69) is 15.3 Å². The normalized spacial score (nSPS) is 11.0. The lowest BCUT2D eigenvalue weighted by atomic mass is 10.2. The van der Waals surface area contributed by atoms with Gasteiger partial charge >= 0.3 is 0 Å². The quantitative estimate of drug-likeness (QED) is 0.746. The van der Waals surface area contributed by atoms with E-state index >= 15 is 0 Å². The molecular formula is C14H13ClFN5. The minimum Gasteiger partial charge on any atom is -0.354 e. The number of hydrogen-bond donors (Lipinski definition) is 0. The Kier molecular flexibility index (Phi) is 3.47. The fourth-order valence-electron chi connectivity index (χ4n) is 2.08. The van der Waals surface area contributed by atoms with Crippen LogP contribution in [0.25, 0.3) is 5.65 Å². The molecule has 0 atom stereocenters. The van der Waals surface area contributed by atoms with Crippen LogP contribution in [0.4, 0.5) is 10.2 Å². The molecule has 7 heteroatoms. The SMILES string of the molecule is Cc1nnc2ccc(N(C)Cc3ccc(F)cc3Cl)nn12. The molecular weight excluding hydrogens is 293 g/mol. The predicted molar refractivity (Wildman–Crippen MR) is 79.0 cm³/mol. The van der Waals surface area contributed by atoms with Gasteiger partial charge in [0.25, 0.3) is 0 Å². The number of aromatic nitrogens is 4. The molecule has 108 valence electrons. The average molecular weight is 306 g/mol. The molecule has 0 radical (unpaired) electrons. The lowest BCUT2D eigenvalue weighted by Gasteiger charge is -2.18. The fraction of sp³-hybridized carbons (Fsp3) is 0.214. The predicted octanol–water partition coefficient (Wildman–Crippen LogP) is 2.86. The summed E-state index contributed by atoms with van der Waals surface area (Å²) >= 11 is 6.05. The molecule has 0 saturated carbocycles. The van der Waals surface area contributed by atoms with Gasteiger partial charge in [0.2, 0.25) is 0 Å². The molecule has 5 nitrogen and oxygen atoms in total. The number of nitrogens with zero attached hydrogens (tertiary/aromatic N) is 5. The van der Waals surface area contributed by atoms with E-state index in [1.54, 1.807) is 10.6 Å². The smallest absolute Gasteiger partial charge is 0.178 e. The number of rotatable bonds is 3. The van der Waals surface area contributed by atoms with Crippen molar-refractivity contribution in [1.29, 1.82) is 0 Å². The van der Waals surface area contributed by atoms with Crippen LogP contribution in [0.5, 0.6) is 0 Å². The molecule has 0 spiro atoms. The van der Waals surface area contributed by atoms with Crippen LogP contribution in [0, 0.1) is 12.7 Å². The minimum absolute atomic E-state index is 0.342. The molecule has 0 amide bonds. The number of aryl methyl sites for hydroxylation is 1. The minimum atomic E-state index is -0.342. The van der Waals surface area contributed by atoms with Crippen LogP contribution in [0.2, 0.25) is 5.02 Å². The van der Waals surface area contributed by atoms with Crippen molar-refractivity contribution in [1.82, 2.24) is 19.8 Å². The van der Waals surface area contributed by atoms with E-state index < -0.39 is 0 Å². The van der Waals surface area contributed by atoms with Crippen molar-refractivity contribution < 1.29 is 4.39 Å². The summed E-state index contributed by atoms with van der Waals surface area (Å²) < 4.78 is 14.7. The van der Waals surface area contributed by atoms with Crippen molar-refractivity contribution in [2.75, 3.05) is 11.9 Å². The third kappa shape index (κ3) is 2.67. The second-order valence-corrected chi connectivity index (χ2v) is 5.21. The van der Waals surface area contributed by atoms with Gasteiger partial charge in [-0.3, -0.25) is 0 Å². The molecule has 0 unspecified atom stereocenters. The molecule has 0 saturated heterocycles. The van der Waals surface area contributed by atoms with Crippen LogP contribution in [-0.2, 0) is 6.54 Å². The van der Waals surface area contributed by atoms with Crippen molar-refractivity contribution in [3.8, 4) is 0 Å². The summed E-state index contributed by atoms with van der Waals surface area (Å²) in [6.45, 7) is 2.37. The number of halogens is 2. The van der Waals surface area contributed by atoms with Gasteiger partial charge in [0.05, 0.1) is 0 Å². The maximum absolute atomic E-state index is 13.1. The van der Waals surface area contributed by atoms with Crippen LogP contribution in [0.3, 0.4) is 0 Å². The Morgan fingerprint density at radius 1 is 1.24 bits per heavy atom. The largest absolute Gasteiger partial charge is 0.354 e. The van der Waals surface area contributed by atoms with Crippen molar-refractivity contribution in [2.24, 2.45) is 0 Å². The highest BCUT2D eigenvalue weighted by molar-refractivity contribution is 6.31. The molecule has 2 heterocycles. The van der Waals surface area contributed by atoms with E-state index in [4.69, 9.17) is 11.6 Å². The first-order valence-electron chi connectivity index (χ1n) is 6.39. The van der Waals surface area contributed by atoms with E-state index in [0.717, 1.165) is 17.2 Å². The molecule has 0 bridgehead atoms. The molecule has 0 N–H and O–H groups in total. The molecule has 3 aromatic rings. The molecule has 1 aromatic carbocycles. The van der Waals surface area contributed by atoms with Crippen LogP contribution >= 0.6 is 11.6 Å². The standard InChI is InChI=1S/C14H13ClFN5/c1-9-17-18-13-5-6-14(19-21(9)13)20(2)8-10-3-4-11(16)7-12(10)15/h3-7H,8H2,1-2H3. The van der Waals surface area contributed by atoms with Crippen LogP contribution in [0.15, 0.2) is 30.3 Å². The Balaban J connectivity index is 1.89. The van der Waals surface area contributed by atoms with E-state index in [1.807, 2.05) is 31.0 Å². The molecule has 0 fully saturated rings. The Bertz CT molecular complexity index is 801. The van der Waals surface area contributed by atoms with E-state index in [9.17, 15) is 4.39 Å². The monoisotopic (exact) mass is 305 g/mol. The van der Waals surface area contributed by atoms with Crippen molar-refractivity contribution in [3.05, 3.63) is 52.6 Å². The molecule has 0 aliphatic rings. The van der Waals surface area contributed by atoms with Gasteiger partial charge in [0, 0.05) is 18.6 Å². The molecule has 2 aromatic heterocycles. The molecule has 0 aliphatic carbocycles. The lowest BCUT2D eigenvalue weighted by Crippen LogP contribution is -2.19. The van der Waals surface area contributed by atoms with Crippen molar-refractivity contribution in [3.63, 3.8) is 0 Å². The molecule has 3 rings (SSSR count). The number of fused-ring (bicyclic) bond motifs is 1. The first kappa shape index (κ1) is 13.8. The number of hydrogen-bond acceptors (Lipinski definition) is 4. The summed E-state index contributed by atoms with van der Waals surface area (Å²) in [5.41, 5.74) is 1.53. The summed E-state index contributed by atoms with van der Waals surface area (Å²) in [5, 5.41) is 12.9. The van der Waals surface area contributed by atoms with Crippen LogP contribution in [-0.4, -0.2) is 26.9 Å². The first-order chi connectivity index (χ1) is 10.0. The van der Waals surface area contributed by atoms with E-state index in [1.165, 1.54) is 12.1 Å². The Morgan fingerprint density at radius 2 is 2.05 bits per heavy atom. The summed E-state index contributed by atoms with van der Waals surface area (Å²) in [4.78, 5) is 1.93. The van der Waals surface area contributed by atoms with Gasteiger partial charge in [0.1, 0.15) is 11.6 Å². The average Bonchev–Trinajstić information content (AvgIpc) is 2.83. The van der Waals surface area contributed by atoms with Gasteiger partial charge in [-0.15, -0.1) is 15.3 Å². The number of anilines is 1. The Labute approximate surface area is 126 Å². The highest BCUT2D eigenvalue weighted by Gasteiger charge is 2.10. The zero-order chi connectivity index (χ0) is 15.0. The molecule has 0 aliphatic heterocycles. The summed E-state index contributed by atoms with van der Waals surface area (Å²) in [5.74, 6) is 1.14. The third-order valence-corrected chi connectivity index (χ3v) is 3.57. The van der Waals surface area contributed by atoms with Crippen LogP contribution < -0.4 is 4.90 Å². The van der Waals surface area contributed by atoms with Gasteiger partial charge in [-0.1, -0.05) is 17.7 Å². The van der Waals surface area contributed by atoms with E-state index in [0.29, 0.717) is 17.2 Å². The number of benzene rings is 1. The van der Waals surface area contributed by atoms with Crippen molar-refractivity contribution in [2.45, 2.75) is 13.5 Å². The van der Waals surface area contributed by atoms with Gasteiger partial charge < -0.3 is 4.90 Å². The first-order valence-corrected chi connectivity index (χ1v) is 6.76. The Hall–Kier alpha value is -2.21. The van der Waals surface area contributed by atoms with Crippen LogP contribution in [0.1, 0.15) is 11.4 Å². The fourth-order valence-corrected chi connectivity index (χ4v) is 2.30. The highest BCUT2D eigenvalue weighted by Crippen LogP contribution is 2.21. The van der Waals surface area contributed by atoms with Crippen molar-refractivity contribution >= 4 is 23.1 Å². The maximum atomic E-state index is 13.1.